The van der Waals surface area contributed by atoms with Crippen LogP contribution in [0.2, 0.25) is 0 Å². The number of hydrogen-bond acceptors (Lipinski definition) is 4. The molecule has 0 saturated carbocycles. The van der Waals surface area contributed by atoms with Gasteiger partial charge in [0.25, 0.3) is 0 Å². The fraction of sp³-hybridized carbons (Fsp3) is 0.433. The fourth-order valence-corrected chi connectivity index (χ4v) is 4.38. The molecule has 0 N–H and O–H groups in total. The third kappa shape index (κ3) is 6.83. The van der Waals surface area contributed by atoms with Crippen molar-refractivity contribution in [3.05, 3.63) is 72.3 Å². The maximum Gasteiger partial charge on any atom is 0.343 e. The summed E-state index contributed by atoms with van der Waals surface area (Å²) in [7, 11) is 0. The minimum atomic E-state index is -0.594. The number of carbonyl (C=O) groups excluding carboxylic acids is 1. The molecule has 0 radical (unpaired) electrons. The number of carbonyl (C=O) groups is 1. The third-order valence-electron chi connectivity index (χ3n) is 6.39. The van der Waals surface area contributed by atoms with Gasteiger partial charge in [0.05, 0.1) is 6.61 Å². The van der Waals surface area contributed by atoms with Crippen LogP contribution in [0, 0.1) is 0 Å². The zero-order valence-corrected chi connectivity index (χ0v) is 20.2. The van der Waals surface area contributed by atoms with Crippen LogP contribution >= 0.6 is 0 Å². The first kappa shape index (κ1) is 24.3. The molecule has 4 heteroatoms. The van der Waals surface area contributed by atoms with Crippen molar-refractivity contribution in [3.63, 3.8) is 0 Å². The average Bonchev–Trinajstić information content (AvgIpc) is 3.66. The van der Waals surface area contributed by atoms with Crippen molar-refractivity contribution in [2.24, 2.45) is 0 Å². The maximum atomic E-state index is 12.7. The molecular formula is C30H36O4. The molecule has 1 heterocycles. The third-order valence-corrected chi connectivity index (χ3v) is 6.39. The predicted molar refractivity (Wildman–Crippen MR) is 136 cm³/mol. The lowest BCUT2D eigenvalue weighted by Crippen LogP contribution is -2.15. The van der Waals surface area contributed by atoms with Crippen molar-refractivity contribution in [1.29, 1.82) is 0 Å². The molecule has 4 rings (SSSR count). The Morgan fingerprint density at radius 3 is 2.26 bits per heavy atom. The van der Waals surface area contributed by atoms with Gasteiger partial charge >= 0.3 is 5.97 Å². The van der Waals surface area contributed by atoms with Crippen molar-refractivity contribution in [2.45, 2.75) is 76.9 Å². The Morgan fingerprint density at radius 2 is 1.47 bits per heavy atom. The molecule has 0 aromatic heterocycles. The molecule has 34 heavy (non-hydrogen) atoms. The van der Waals surface area contributed by atoms with E-state index in [1.54, 1.807) is 0 Å². The molecule has 0 spiro atoms. The first-order chi connectivity index (χ1) is 16.8. The van der Waals surface area contributed by atoms with Crippen LogP contribution in [0.25, 0.3) is 10.8 Å². The molecule has 0 aliphatic carbocycles. The second-order valence-electron chi connectivity index (χ2n) is 9.12. The number of unbranched alkanes of at least 4 members (excludes halogenated alkanes) is 8. The van der Waals surface area contributed by atoms with Crippen LogP contribution < -0.4 is 9.47 Å². The summed E-state index contributed by atoms with van der Waals surface area (Å²) in [5.74, 6) is 0.968. The Kier molecular flexibility index (Phi) is 8.97. The van der Waals surface area contributed by atoms with E-state index in [1.165, 1.54) is 51.4 Å². The molecule has 2 atom stereocenters. The van der Waals surface area contributed by atoms with Gasteiger partial charge in [-0.2, -0.15) is 0 Å². The highest BCUT2D eigenvalue weighted by Crippen LogP contribution is 2.43. The highest BCUT2D eigenvalue weighted by atomic mass is 16.6. The molecule has 1 aliphatic heterocycles. The summed E-state index contributed by atoms with van der Waals surface area (Å²) in [5, 5.41) is 2.15. The summed E-state index contributed by atoms with van der Waals surface area (Å²) in [6, 6.07) is 21.5. The van der Waals surface area contributed by atoms with Crippen LogP contribution in [0.5, 0.6) is 11.5 Å². The second-order valence-corrected chi connectivity index (χ2v) is 9.12. The van der Waals surface area contributed by atoms with Crippen LogP contribution in [-0.2, 0) is 9.53 Å². The van der Waals surface area contributed by atoms with Crippen LogP contribution in [0.15, 0.2) is 66.7 Å². The normalized spacial score (nSPS) is 17.0. The van der Waals surface area contributed by atoms with Gasteiger partial charge in [-0.25, -0.2) is 4.79 Å². The summed E-state index contributed by atoms with van der Waals surface area (Å²) in [6.07, 6.45) is 10.7. The average molecular weight is 461 g/mol. The lowest BCUT2D eigenvalue weighted by molar-refractivity contribution is -0.135. The number of rotatable bonds is 14. The molecule has 1 aliphatic rings. The van der Waals surface area contributed by atoms with Crippen molar-refractivity contribution < 1.29 is 19.0 Å². The van der Waals surface area contributed by atoms with Gasteiger partial charge in [-0.1, -0.05) is 107 Å². The summed E-state index contributed by atoms with van der Waals surface area (Å²) in [6.45, 7) is 2.94. The van der Waals surface area contributed by atoms with E-state index in [0.717, 1.165) is 28.5 Å². The largest absolute Gasteiger partial charge is 0.493 e. The van der Waals surface area contributed by atoms with E-state index in [-0.39, 0.29) is 12.1 Å². The van der Waals surface area contributed by atoms with Crippen LogP contribution in [-0.4, -0.2) is 18.7 Å². The van der Waals surface area contributed by atoms with Crippen molar-refractivity contribution in [3.8, 4) is 11.5 Å². The Labute approximate surface area is 203 Å². The molecule has 4 nitrogen and oxygen atoms in total. The minimum absolute atomic E-state index is 0.313. The molecule has 3 aromatic rings. The molecule has 1 fully saturated rings. The van der Waals surface area contributed by atoms with E-state index in [2.05, 4.69) is 6.92 Å². The van der Waals surface area contributed by atoms with Crippen LogP contribution in [0.4, 0.5) is 0 Å². The van der Waals surface area contributed by atoms with Gasteiger partial charge in [-0.05, 0) is 35.4 Å². The minimum Gasteiger partial charge on any atom is -0.493 e. The van der Waals surface area contributed by atoms with Crippen LogP contribution in [0.3, 0.4) is 0 Å². The fourth-order valence-electron chi connectivity index (χ4n) is 4.38. The summed E-state index contributed by atoms with van der Waals surface area (Å²) in [5.41, 5.74) is 0.916. The van der Waals surface area contributed by atoms with Gasteiger partial charge in [0.15, 0.2) is 6.10 Å². The lowest BCUT2D eigenvalue weighted by atomic mass is 10.1. The smallest absolute Gasteiger partial charge is 0.343 e. The van der Waals surface area contributed by atoms with E-state index in [9.17, 15) is 4.79 Å². The lowest BCUT2D eigenvalue weighted by Gasteiger charge is -2.10. The monoisotopic (exact) mass is 460 g/mol. The summed E-state index contributed by atoms with van der Waals surface area (Å²) in [4.78, 5) is 12.7. The highest BCUT2D eigenvalue weighted by Gasteiger charge is 2.49. The molecule has 0 unspecified atom stereocenters. The standard InChI is InChI=1S/C30H36O4/c1-2-3-4-5-6-7-8-9-14-21-32-27-18-13-12-17-26(27)28-29(34-28)30(31)33-25-20-19-23-15-10-11-16-24(23)22-25/h10-13,15-20,22,28-29H,2-9,14,21H2,1H3/t28-,29+/m0/s1. The number of epoxide rings is 1. The predicted octanol–water partition coefficient (Wildman–Crippen LogP) is 7.79. The zero-order chi connectivity index (χ0) is 23.6. The van der Waals surface area contributed by atoms with Crippen molar-refractivity contribution >= 4 is 16.7 Å². The van der Waals surface area contributed by atoms with E-state index < -0.39 is 6.10 Å². The zero-order valence-electron chi connectivity index (χ0n) is 20.2. The Morgan fingerprint density at radius 1 is 0.794 bits per heavy atom. The molecular weight excluding hydrogens is 424 g/mol. The number of ether oxygens (including phenoxy) is 3. The first-order valence-electron chi connectivity index (χ1n) is 12.8. The summed E-state index contributed by atoms with van der Waals surface area (Å²) >= 11 is 0. The number of fused-ring (bicyclic) bond motifs is 1. The molecule has 1 saturated heterocycles. The van der Waals surface area contributed by atoms with Gasteiger partial charge in [0.2, 0.25) is 0 Å². The number of para-hydroxylation sites is 1. The van der Waals surface area contributed by atoms with Gasteiger partial charge < -0.3 is 14.2 Å². The first-order valence-corrected chi connectivity index (χ1v) is 12.8. The summed E-state index contributed by atoms with van der Waals surface area (Å²) < 4.78 is 17.4. The van der Waals surface area contributed by atoms with Gasteiger partial charge in [0, 0.05) is 5.56 Å². The van der Waals surface area contributed by atoms with E-state index in [4.69, 9.17) is 14.2 Å². The van der Waals surface area contributed by atoms with Gasteiger partial charge in [-0.3, -0.25) is 0 Å². The van der Waals surface area contributed by atoms with Gasteiger partial charge in [0.1, 0.15) is 17.6 Å². The quantitative estimate of drug-likeness (QED) is 0.107. The van der Waals surface area contributed by atoms with Gasteiger partial charge in [-0.15, -0.1) is 0 Å². The topological polar surface area (TPSA) is 48.1 Å². The Hall–Kier alpha value is -2.85. The SMILES string of the molecule is CCCCCCCCCCCOc1ccccc1[C@@H]1O[C@H]1C(=O)Oc1ccc2ccccc2c1. The van der Waals surface area contributed by atoms with Crippen LogP contribution in [0.1, 0.15) is 76.4 Å². The number of benzene rings is 3. The Bertz CT molecular complexity index is 1060. The molecule has 3 aromatic carbocycles. The van der Waals surface area contributed by atoms with E-state index in [0.29, 0.717) is 12.4 Å². The molecule has 0 bridgehead atoms. The van der Waals surface area contributed by atoms with E-state index >= 15 is 0 Å². The van der Waals surface area contributed by atoms with E-state index in [1.807, 2.05) is 66.7 Å². The molecule has 0 amide bonds. The number of esters is 1. The maximum absolute atomic E-state index is 12.7. The highest BCUT2D eigenvalue weighted by molar-refractivity contribution is 5.86. The Balaban J connectivity index is 1.21. The van der Waals surface area contributed by atoms with Crippen molar-refractivity contribution in [2.75, 3.05) is 6.61 Å². The van der Waals surface area contributed by atoms with Crippen molar-refractivity contribution in [1.82, 2.24) is 0 Å². The number of hydrogen-bond donors (Lipinski definition) is 0. The second kappa shape index (κ2) is 12.6. The molecule has 180 valence electrons.